The zero-order chi connectivity index (χ0) is 17.5. The van der Waals surface area contributed by atoms with Gasteiger partial charge in [0, 0.05) is 23.0 Å². The van der Waals surface area contributed by atoms with Gasteiger partial charge in [-0.25, -0.2) is 0 Å². The Kier molecular flexibility index (Phi) is 5.95. The lowest BCUT2D eigenvalue weighted by molar-refractivity contribution is -0.119. The zero-order valence-corrected chi connectivity index (χ0v) is 14.2. The van der Waals surface area contributed by atoms with Gasteiger partial charge in [0.25, 0.3) is 0 Å². The molecular weight excluding hydrogens is 302 g/mol. The molecule has 2 aromatic carbocycles. The molecule has 0 spiro atoms. The highest BCUT2D eigenvalue weighted by molar-refractivity contribution is 5.94. The van der Waals surface area contributed by atoms with E-state index in [2.05, 4.69) is 16.0 Å². The van der Waals surface area contributed by atoms with Crippen molar-refractivity contribution in [2.75, 3.05) is 22.5 Å². The van der Waals surface area contributed by atoms with E-state index in [0.717, 1.165) is 16.9 Å². The van der Waals surface area contributed by atoms with Gasteiger partial charge in [0.15, 0.2) is 0 Å². The molecule has 5 heteroatoms. The molecule has 0 unspecified atom stereocenters. The summed E-state index contributed by atoms with van der Waals surface area (Å²) >= 11 is 0. The molecule has 0 fully saturated rings. The Hall–Kier alpha value is -2.82. The summed E-state index contributed by atoms with van der Waals surface area (Å²) in [7, 11) is 0. The number of amides is 2. The van der Waals surface area contributed by atoms with Gasteiger partial charge in [-0.05, 0) is 36.8 Å². The molecule has 0 aliphatic heterocycles. The zero-order valence-electron chi connectivity index (χ0n) is 14.2. The van der Waals surface area contributed by atoms with E-state index in [9.17, 15) is 9.59 Å². The summed E-state index contributed by atoms with van der Waals surface area (Å²) in [6.07, 6.45) is 0. The molecule has 0 aromatic heterocycles. The predicted octanol–water partition coefficient (Wildman–Crippen LogP) is 3.64. The average Bonchev–Trinajstić information content (AvgIpc) is 2.56. The van der Waals surface area contributed by atoms with Crippen molar-refractivity contribution in [2.45, 2.75) is 20.8 Å². The first-order valence-electron chi connectivity index (χ1n) is 7.96. The Labute approximate surface area is 142 Å². The van der Waals surface area contributed by atoms with Crippen LogP contribution in [-0.4, -0.2) is 18.4 Å². The molecule has 0 heterocycles. The van der Waals surface area contributed by atoms with Crippen molar-refractivity contribution >= 4 is 28.9 Å². The van der Waals surface area contributed by atoms with E-state index in [-0.39, 0.29) is 24.3 Å². The molecule has 0 saturated carbocycles. The highest BCUT2D eigenvalue weighted by Gasteiger charge is 2.09. The van der Waals surface area contributed by atoms with Gasteiger partial charge >= 0.3 is 0 Å². The first-order valence-corrected chi connectivity index (χ1v) is 7.96. The first kappa shape index (κ1) is 17.5. The van der Waals surface area contributed by atoms with E-state index < -0.39 is 0 Å². The Morgan fingerprint density at radius 3 is 2.33 bits per heavy atom. The highest BCUT2D eigenvalue weighted by atomic mass is 16.2. The number of benzene rings is 2. The summed E-state index contributed by atoms with van der Waals surface area (Å²) in [4.78, 5) is 23.8. The Morgan fingerprint density at radius 2 is 1.67 bits per heavy atom. The maximum absolute atomic E-state index is 12.0. The summed E-state index contributed by atoms with van der Waals surface area (Å²) < 4.78 is 0. The molecule has 2 amide bonds. The largest absolute Gasteiger partial charge is 0.376 e. The van der Waals surface area contributed by atoms with Crippen LogP contribution in [0.3, 0.4) is 0 Å². The SMILES string of the molecule is Cc1ccc(NC(=O)C(C)C)cc1NCC(=O)Nc1ccccc1. The maximum Gasteiger partial charge on any atom is 0.243 e. The third-order valence-electron chi connectivity index (χ3n) is 3.53. The first-order chi connectivity index (χ1) is 11.5. The van der Waals surface area contributed by atoms with Gasteiger partial charge in [-0.1, -0.05) is 38.1 Å². The number of anilines is 3. The van der Waals surface area contributed by atoms with Crippen LogP contribution < -0.4 is 16.0 Å². The minimum atomic E-state index is -0.128. The van der Waals surface area contributed by atoms with Crippen LogP contribution in [0.25, 0.3) is 0 Å². The second kappa shape index (κ2) is 8.15. The summed E-state index contributed by atoms with van der Waals surface area (Å²) in [6.45, 7) is 5.79. The van der Waals surface area contributed by atoms with E-state index in [1.165, 1.54) is 0 Å². The van der Waals surface area contributed by atoms with E-state index in [1.807, 2.05) is 69.3 Å². The minimum Gasteiger partial charge on any atom is -0.376 e. The Morgan fingerprint density at radius 1 is 0.958 bits per heavy atom. The molecule has 0 aliphatic carbocycles. The lowest BCUT2D eigenvalue weighted by Crippen LogP contribution is -2.22. The molecule has 0 bridgehead atoms. The predicted molar refractivity (Wildman–Crippen MR) is 98.2 cm³/mol. The lowest BCUT2D eigenvalue weighted by Gasteiger charge is -2.13. The normalized spacial score (nSPS) is 10.3. The van der Waals surface area contributed by atoms with Crippen molar-refractivity contribution in [3.05, 3.63) is 54.1 Å². The second-order valence-electron chi connectivity index (χ2n) is 5.94. The fourth-order valence-electron chi connectivity index (χ4n) is 2.08. The van der Waals surface area contributed by atoms with Crippen LogP contribution in [0.5, 0.6) is 0 Å². The number of carbonyl (C=O) groups is 2. The van der Waals surface area contributed by atoms with E-state index >= 15 is 0 Å². The number of nitrogens with one attached hydrogen (secondary N) is 3. The second-order valence-corrected chi connectivity index (χ2v) is 5.94. The van der Waals surface area contributed by atoms with E-state index in [4.69, 9.17) is 0 Å². The van der Waals surface area contributed by atoms with Crippen molar-refractivity contribution in [1.29, 1.82) is 0 Å². The van der Waals surface area contributed by atoms with Gasteiger partial charge in [0.1, 0.15) is 0 Å². The number of carbonyl (C=O) groups excluding carboxylic acids is 2. The number of para-hydroxylation sites is 1. The fraction of sp³-hybridized carbons (Fsp3) is 0.263. The molecule has 0 aliphatic rings. The van der Waals surface area contributed by atoms with Gasteiger partial charge < -0.3 is 16.0 Å². The summed E-state index contributed by atoms with van der Waals surface area (Å²) in [5.74, 6) is -0.247. The Balaban J connectivity index is 1.96. The van der Waals surface area contributed by atoms with Crippen LogP contribution >= 0.6 is 0 Å². The van der Waals surface area contributed by atoms with Crippen LogP contribution in [0.1, 0.15) is 19.4 Å². The number of hydrogen-bond acceptors (Lipinski definition) is 3. The van der Waals surface area contributed by atoms with Gasteiger partial charge in [0.2, 0.25) is 11.8 Å². The lowest BCUT2D eigenvalue weighted by atomic mass is 10.1. The number of rotatable bonds is 6. The number of hydrogen-bond donors (Lipinski definition) is 3. The van der Waals surface area contributed by atoms with Gasteiger partial charge in [-0.15, -0.1) is 0 Å². The van der Waals surface area contributed by atoms with Gasteiger partial charge in [0.05, 0.1) is 6.54 Å². The van der Waals surface area contributed by atoms with Crippen molar-refractivity contribution in [2.24, 2.45) is 5.92 Å². The molecule has 126 valence electrons. The highest BCUT2D eigenvalue weighted by Crippen LogP contribution is 2.20. The monoisotopic (exact) mass is 325 g/mol. The van der Waals surface area contributed by atoms with Crippen LogP contribution in [0.15, 0.2) is 48.5 Å². The van der Waals surface area contributed by atoms with E-state index in [0.29, 0.717) is 5.69 Å². The molecule has 3 N–H and O–H groups in total. The molecule has 0 atom stereocenters. The molecule has 0 saturated heterocycles. The standard InChI is InChI=1S/C19H23N3O2/c1-13(2)19(24)22-16-10-9-14(3)17(11-16)20-12-18(23)21-15-7-5-4-6-8-15/h4-11,13,20H,12H2,1-3H3,(H,21,23)(H,22,24). The minimum absolute atomic E-state index is 0.0355. The summed E-state index contributed by atoms with van der Waals surface area (Å²) in [5, 5.41) is 8.79. The number of aryl methyl sites for hydroxylation is 1. The third-order valence-corrected chi connectivity index (χ3v) is 3.53. The topological polar surface area (TPSA) is 70.2 Å². The third kappa shape index (κ3) is 5.12. The van der Waals surface area contributed by atoms with Crippen LogP contribution in [0.2, 0.25) is 0 Å². The molecule has 0 radical (unpaired) electrons. The van der Waals surface area contributed by atoms with Crippen molar-refractivity contribution < 1.29 is 9.59 Å². The van der Waals surface area contributed by atoms with E-state index in [1.54, 1.807) is 0 Å². The maximum atomic E-state index is 12.0. The van der Waals surface area contributed by atoms with Crippen molar-refractivity contribution in [3.8, 4) is 0 Å². The van der Waals surface area contributed by atoms with Crippen LogP contribution in [0, 0.1) is 12.8 Å². The smallest absolute Gasteiger partial charge is 0.243 e. The average molecular weight is 325 g/mol. The summed E-state index contributed by atoms with van der Waals surface area (Å²) in [5.41, 5.74) is 3.30. The summed E-state index contributed by atoms with van der Waals surface area (Å²) in [6, 6.07) is 14.9. The molecule has 24 heavy (non-hydrogen) atoms. The molecule has 2 aromatic rings. The molecule has 2 rings (SSSR count). The van der Waals surface area contributed by atoms with Gasteiger partial charge in [-0.3, -0.25) is 9.59 Å². The van der Waals surface area contributed by atoms with Gasteiger partial charge in [-0.2, -0.15) is 0 Å². The fourth-order valence-corrected chi connectivity index (χ4v) is 2.08. The molecule has 5 nitrogen and oxygen atoms in total. The Bertz CT molecular complexity index is 712. The van der Waals surface area contributed by atoms with Crippen LogP contribution in [0.4, 0.5) is 17.1 Å². The molecular formula is C19H23N3O2. The van der Waals surface area contributed by atoms with Crippen LogP contribution in [-0.2, 0) is 9.59 Å². The van der Waals surface area contributed by atoms with Crippen molar-refractivity contribution in [3.63, 3.8) is 0 Å². The van der Waals surface area contributed by atoms with Crippen molar-refractivity contribution in [1.82, 2.24) is 0 Å². The quantitative estimate of drug-likeness (QED) is 0.759.